The fourth-order valence-electron chi connectivity index (χ4n) is 3.41. The molecule has 166 valence electrons. The molecule has 0 unspecified atom stereocenters. The van der Waals surface area contributed by atoms with Crippen LogP contribution in [0.2, 0.25) is 0 Å². The van der Waals surface area contributed by atoms with E-state index in [1.807, 2.05) is 13.8 Å². The highest BCUT2D eigenvalue weighted by molar-refractivity contribution is 7.95. The van der Waals surface area contributed by atoms with Gasteiger partial charge in [0.25, 0.3) is 0 Å². The maximum absolute atomic E-state index is 13.7. The van der Waals surface area contributed by atoms with Gasteiger partial charge in [0.15, 0.2) is 0 Å². The molecule has 0 atom stereocenters. The number of benzene rings is 1. The van der Waals surface area contributed by atoms with Crippen LogP contribution in [0.4, 0.5) is 13.2 Å². The van der Waals surface area contributed by atoms with Gasteiger partial charge in [0.2, 0.25) is 9.84 Å². The summed E-state index contributed by atoms with van der Waals surface area (Å²) in [5.74, 6) is -0.167. The Morgan fingerprint density at radius 1 is 1.16 bits per heavy atom. The number of aromatic nitrogens is 2. The summed E-state index contributed by atoms with van der Waals surface area (Å²) in [6, 6.07) is 11.1. The van der Waals surface area contributed by atoms with Gasteiger partial charge in [-0.15, -0.1) is 0 Å². The predicted octanol–water partition coefficient (Wildman–Crippen LogP) is 5.66. The molecule has 2 heterocycles. The Morgan fingerprint density at radius 3 is 2.34 bits per heavy atom. The second-order valence-corrected chi connectivity index (χ2v) is 9.34. The number of nitrogens with zero attached hydrogens (tertiary/aromatic N) is 3. The number of pyridine rings is 1. The highest BCUT2D eigenvalue weighted by Crippen LogP contribution is 2.37. The number of sulfone groups is 1. The lowest BCUT2D eigenvalue weighted by Crippen LogP contribution is -2.13. The van der Waals surface area contributed by atoms with Gasteiger partial charge in [-0.05, 0) is 54.8 Å². The average Bonchev–Trinajstić information content (AvgIpc) is 3.08. The normalized spacial score (nSPS) is 12.8. The third-order valence-electron chi connectivity index (χ3n) is 5.00. The Hall–Kier alpha value is -3.38. The van der Waals surface area contributed by atoms with Crippen molar-refractivity contribution >= 4 is 15.9 Å². The van der Waals surface area contributed by atoms with Gasteiger partial charge < -0.3 is 4.57 Å². The summed E-state index contributed by atoms with van der Waals surface area (Å²) in [5, 5.41) is 9.56. The Balaban J connectivity index is 2.25. The average molecular weight is 459 g/mol. The van der Waals surface area contributed by atoms with Crippen molar-refractivity contribution in [2.75, 3.05) is 0 Å². The van der Waals surface area contributed by atoms with Gasteiger partial charge in [-0.25, -0.2) is 8.42 Å². The molecule has 0 bridgehead atoms. The van der Waals surface area contributed by atoms with E-state index in [0.29, 0.717) is 17.0 Å². The van der Waals surface area contributed by atoms with E-state index in [9.17, 15) is 26.9 Å². The number of nitriles is 1. The van der Waals surface area contributed by atoms with E-state index in [1.54, 1.807) is 19.1 Å². The second-order valence-electron chi connectivity index (χ2n) is 7.42. The maximum atomic E-state index is 13.7. The molecule has 2 aromatic heterocycles. The van der Waals surface area contributed by atoms with Crippen LogP contribution in [0.25, 0.3) is 11.8 Å². The van der Waals surface area contributed by atoms with E-state index in [2.05, 4.69) is 4.98 Å². The lowest BCUT2D eigenvalue weighted by atomic mass is 10.1. The summed E-state index contributed by atoms with van der Waals surface area (Å²) in [4.78, 5) is 3.17. The van der Waals surface area contributed by atoms with Crippen molar-refractivity contribution < 1.29 is 21.6 Å². The summed E-state index contributed by atoms with van der Waals surface area (Å²) < 4.78 is 68.2. The third kappa shape index (κ3) is 4.32. The van der Waals surface area contributed by atoms with Crippen molar-refractivity contribution in [1.29, 1.82) is 5.26 Å². The van der Waals surface area contributed by atoms with Gasteiger partial charge in [0.05, 0.1) is 16.1 Å². The quantitative estimate of drug-likeness (QED) is 0.461. The van der Waals surface area contributed by atoms with Crippen LogP contribution in [0.5, 0.6) is 0 Å². The van der Waals surface area contributed by atoms with E-state index >= 15 is 0 Å². The molecule has 0 aliphatic heterocycles. The van der Waals surface area contributed by atoms with Gasteiger partial charge in [0, 0.05) is 23.8 Å². The van der Waals surface area contributed by atoms with Crippen LogP contribution in [-0.2, 0) is 16.0 Å². The van der Waals surface area contributed by atoms with Gasteiger partial charge >= 0.3 is 6.18 Å². The van der Waals surface area contributed by atoms with Crippen LogP contribution in [-0.4, -0.2) is 18.0 Å². The number of rotatable bonds is 5. The largest absolute Gasteiger partial charge is 0.418 e. The Labute approximate surface area is 184 Å². The van der Waals surface area contributed by atoms with E-state index in [4.69, 9.17) is 0 Å². The molecular formula is C23H20F3N3O2S. The number of para-hydroxylation sites is 1. The van der Waals surface area contributed by atoms with Crippen molar-refractivity contribution in [1.82, 2.24) is 9.55 Å². The van der Waals surface area contributed by atoms with Crippen LogP contribution in [0.1, 0.15) is 42.3 Å². The minimum absolute atomic E-state index is 0.0589. The minimum atomic E-state index is -4.57. The SMILES string of the molecule is Cc1c(/C=C(\C#N)S(=O)(=O)c2ccncc2)cc(C(C)C)n1-c1ccccc1C(F)(F)F. The molecule has 3 aromatic rings. The first-order valence-electron chi connectivity index (χ1n) is 9.64. The van der Waals surface area contributed by atoms with Crippen LogP contribution in [0, 0.1) is 18.3 Å². The highest BCUT2D eigenvalue weighted by atomic mass is 32.2. The highest BCUT2D eigenvalue weighted by Gasteiger charge is 2.34. The van der Waals surface area contributed by atoms with Crippen LogP contribution in [0.15, 0.2) is 64.7 Å². The summed E-state index contributed by atoms with van der Waals surface area (Å²) in [5.41, 5.74) is 0.435. The lowest BCUT2D eigenvalue weighted by molar-refractivity contribution is -0.137. The van der Waals surface area contributed by atoms with Crippen molar-refractivity contribution in [3.8, 4) is 11.8 Å². The molecule has 5 nitrogen and oxygen atoms in total. The van der Waals surface area contributed by atoms with Gasteiger partial charge in [-0.1, -0.05) is 26.0 Å². The molecule has 0 aliphatic rings. The first-order valence-corrected chi connectivity index (χ1v) is 11.1. The molecule has 0 radical (unpaired) electrons. The van der Waals surface area contributed by atoms with Crippen LogP contribution >= 0.6 is 0 Å². The zero-order chi connectivity index (χ0) is 23.7. The van der Waals surface area contributed by atoms with Crippen LogP contribution in [0.3, 0.4) is 0 Å². The Kier molecular flexibility index (Phi) is 6.28. The van der Waals surface area contributed by atoms with E-state index < -0.39 is 26.5 Å². The van der Waals surface area contributed by atoms with Gasteiger partial charge in [-0.3, -0.25) is 4.98 Å². The third-order valence-corrected chi connectivity index (χ3v) is 6.68. The molecule has 0 amide bonds. The number of alkyl halides is 3. The summed E-state index contributed by atoms with van der Waals surface area (Å²) in [6.07, 6.45) is -0.771. The first-order chi connectivity index (χ1) is 15.0. The maximum Gasteiger partial charge on any atom is 0.418 e. The summed E-state index contributed by atoms with van der Waals surface area (Å²) >= 11 is 0. The summed E-state index contributed by atoms with van der Waals surface area (Å²) in [7, 11) is -4.12. The number of halogens is 3. The minimum Gasteiger partial charge on any atom is -0.317 e. The fraction of sp³-hybridized carbons (Fsp3) is 0.217. The molecule has 3 rings (SSSR count). The number of hydrogen-bond acceptors (Lipinski definition) is 4. The topological polar surface area (TPSA) is 75.8 Å². The van der Waals surface area contributed by atoms with E-state index in [0.717, 1.165) is 6.07 Å². The lowest BCUT2D eigenvalue weighted by Gasteiger charge is -2.19. The molecule has 32 heavy (non-hydrogen) atoms. The monoisotopic (exact) mass is 459 g/mol. The van der Waals surface area contributed by atoms with Crippen molar-refractivity contribution in [3.05, 3.63) is 82.3 Å². The molecule has 9 heteroatoms. The van der Waals surface area contributed by atoms with Crippen molar-refractivity contribution in [2.24, 2.45) is 0 Å². The molecule has 0 aliphatic carbocycles. The molecule has 0 fully saturated rings. The zero-order valence-electron chi connectivity index (χ0n) is 17.6. The molecule has 0 N–H and O–H groups in total. The molecule has 0 spiro atoms. The van der Waals surface area contributed by atoms with Gasteiger partial charge in [-0.2, -0.15) is 18.4 Å². The van der Waals surface area contributed by atoms with E-state index in [-0.39, 0.29) is 16.5 Å². The Morgan fingerprint density at radius 2 is 1.78 bits per heavy atom. The second kappa shape index (κ2) is 8.63. The van der Waals surface area contributed by atoms with Crippen LogP contribution < -0.4 is 0 Å². The summed E-state index contributed by atoms with van der Waals surface area (Å²) in [6.45, 7) is 5.25. The molecule has 0 saturated heterocycles. The van der Waals surface area contributed by atoms with Gasteiger partial charge in [0.1, 0.15) is 11.0 Å². The van der Waals surface area contributed by atoms with Crippen molar-refractivity contribution in [2.45, 2.75) is 37.8 Å². The van der Waals surface area contributed by atoms with Crippen molar-refractivity contribution in [3.63, 3.8) is 0 Å². The molecule has 1 aromatic carbocycles. The zero-order valence-corrected chi connectivity index (χ0v) is 18.4. The standard InChI is InChI=1S/C23H20F3N3O2S/c1-15(2)22-13-17(12-19(14-27)32(30,31)18-8-10-28-11-9-18)16(3)29(22)21-7-5-4-6-20(21)23(24,25)26/h4-13,15H,1-3H3/b19-12+. The fourth-order valence-corrected chi connectivity index (χ4v) is 4.54. The Bertz CT molecular complexity index is 1320. The molecular weight excluding hydrogens is 439 g/mol. The number of allylic oxidation sites excluding steroid dienone is 1. The smallest absolute Gasteiger partial charge is 0.317 e. The van der Waals surface area contributed by atoms with E-state index in [1.165, 1.54) is 53.4 Å². The molecule has 0 saturated carbocycles. The first kappa shape index (κ1) is 23.3. The predicted molar refractivity (Wildman–Crippen MR) is 115 cm³/mol. The number of hydrogen-bond donors (Lipinski definition) is 0.